The van der Waals surface area contributed by atoms with Gasteiger partial charge < -0.3 is 18.9 Å². The van der Waals surface area contributed by atoms with Crippen LogP contribution in [0.5, 0.6) is 11.5 Å². The van der Waals surface area contributed by atoms with Gasteiger partial charge in [-0.25, -0.2) is 4.98 Å². The van der Waals surface area contributed by atoms with E-state index < -0.39 is 10.5 Å². The molecule has 162 valence electrons. The van der Waals surface area contributed by atoms with Gasteiger partial charge in [-0.3, -0.25) is 14.9 Å². The van der Waals surface area contributed by atoms with Gasteiger partial charge in [0.2, 0.25) is 0 Å². The van der Waals surface area contributed by atoms with Crippen LogP contribution in [0.25, 0.3) is 33.3 Å². The smallest absolute Gasteiger partial charge is 0.270 e. The van der Waals surface area contributed by atoms with Crippen LogP contribution < -0.4 is 15.0 Å². The predicted octanol–water partition coefficient (Wildman–Crippen LogP) is 4.85. The van der Waals surface area contributed by atoms with Crippen molar-refractivity contribution in [2.24, 2.45) is 0 Å². The van der Waals surface area contributed by atoms with E-state index in [9.17, 15) is 14.9 Å². The van der Waals surface area contributed by atoms with Gasteiger partial charge in [-0.1, -0.05) is 23.7 Å². The Morgan fingerprint density at radius 1 is 1.16 bits per heavy atom. The van der Waals surface area contributed by atoms with Crippen LogP contribution in [0.2, 0.25) is 0 Å². The number of fused-ring (bicyclic) bond motifs is 1. The Kier molecular flexibility index (Phi) is 5.65. The van der Waals surface area contributed by atoms with Crippen molar-refractivity contribution in [3.63, 3.8) is 0 Å². The Balaban J connectivity index is 1.70. The molecule has 0 aliphatic rings. The van der Waals surface area contributed by atoms with Gasteiger partial charge in [-0.2, -0.15) is 0 Å². The van der Waals surface area contributed by atoms with Crippen molar-refractivity contribution in [2.75, 3.05) is 14.2 Å². The summed E-state index contributed by atoms with van der Waals surface area (Å²) in [5, 5.41) is 11.4. The lowest BCUT2D eigenvalue weighted by molar-refractivity contribution is -0.384. The standard InChI is InChI=1S/C22H16ClN3O6/c1-30-19-10-15-17(11-20(19)31-2)24-21(25-22(15)27)16(23)9-14-6-7-18(32-14)12-4-3-5-13(8-12)26(28)29/h3-11H,1-2H3,(H,24,25,27)/b16-9-. The van der Waals surface area contributed by atoms with E-state index in [2.05, 4.69) is 9.97 Å². The first-order valence-corrected chi connectivity index (χ1v) is 9.65. The summed E-state index contributed by atoms with van der Waals surface area (Å²) in [5.74, 6) is 1.79. The van der Waals surface area contributed by atoms with Gasteiger partial charge in [0.05, 0.1) is 35.1 Å². The number of benzene rings is 2. The molecule has 0 fully saturated rings. The van der Waals surface area contributed by atoms with Crippen LogP contribution in [0.3, 0.4) is 0 Å². The van der Waals surface area contributed by atoms with Gasteiger partial charge in [-0.15, -0.1) is 0 Å². The van der Waals surface area contributed by atoms with Crippen LogP contribution >= 0.6 is 11.6 Å². The quantitative estimate of drug-likeness (QED) is 0.327. The number of nitro groups is 1. The highest BCUT2D eigenvalue weighted by Crippen LogP contribution is 2.31. The molecular weight excluding hydrogens is 438 g/mol. The number of hydrogen-bond donors (Lipinski definition) is 1. The third-order valence-electron chi connectivity index (χ3n) is 4.67. The summed E-state index contributed by atoms with van der Waals surface area (Å²) in [6, 6.07) is 12.5. The summed E-state index contributed by atoms with van der Waals surface area (Å²) < 4.78 is 16.2. The summed E-state index contributed by atoms with van der Waals surface area (Å²) in [4.78, 5) is 30.1. The van der Waals surface area contributed by atoms with Crippen molar-refractivity contribution >= 4 is 39.3 Å². The first-order chi connectivity index (χ1) is 15.4. The molecule has 4 aromatic rings. The lowest BCUT2D eigenvalue weighted by Crippen LogP contribution is -2.11. The number of furan rings is 1. The molecule has 0 aliphatic carbocycles. The Morgan fingerprint density at radius 3 is 2.62 bits per heavy atom. The number of hydrogen-bond acceptors (Lipinski definition) is 7. The number of methoxy groups -OCH3 is 2. The Hall–Kier alpha value is -4.11. The number of nitro benzene ring substituents is 1. The van der Waals surface area contributed by atoms with Crippen LogP contribution in [0.15, 0.2) is 57.7 Å². The summed E-state index contributed by atoms with van der Waals surface area (Å²) in [6.07, 6.45) is 1.49. The van der Waals surface area contributed by atoms with E-state index in [0.29, 0.717) is 39.5 Å². The predicted molar refractivity (Wildman–Crippen MR) is 120 cm³/mol. The Labute approximate surface area is 186 Å². The zero-order chi connectivity index (χ0) is 22.8. The van der Waals surface area contributed by atoms with Crippen LogP contribution in [0.1, 0.15) is 11.6 Å². The molecule has 10 heteroatoms. The fourth-order valence-electron chi connectivity index (χ4n) is 3.13. The molecule has 0 spiro atoms. The number of halogens is 1. The number of nitrogens with zero attached hydrogens (tertiary/aromatic N) is 2. The molecule has 4 rings (SSSR count). The molecule has 2 aromatic heterocycles. The topological polar surface area (TPSA) is 120 Å². The molecule has 0 aliphatic heterocycles. The number of non-ortho nitro benzene ring substituents is 1. The van der Waals surface area contributed by atoms with Crippen LogP contribution in [-0.2, 0) is 0 Å². The van der Waals surface area contributed by atoms with Crippen LogP contribution in [0.4, 0.5) is 5.69 Å². The molecule has 2 heterocycles. The van der Waals surface area contributed by atoms with Crippen molar-refractivity contribution in [1.82, 2.24) is 9.97 Å². The summed E-state index contributed by atoms with van der Waals surface area (Å²) >= 11 is 6.39. The monoisotopic (exact) mass is 453 g/mol. The Morgan fingerprint density at radius 2 is 1.91 bits per heavy atom. The molecule has 9 nitrogen and oxygen atoms in total. The van der Waals surface area contributed by atoms with Crippen molar-refractivity contribution in [3.05, 3.63) is 80.6 Å². The minimum Gasteiger partial charge on any atom is -0.493 e. The number of aromatic nitrogens is 2. The minimum atomic E-state index is -0.476. The highest BCUT2D eigenvalue weighted by atomic mass is 35.5. The molecule has 2 aromatic carbocycles. The average molecular weight is 454 g/mol. The van der Waals surface area contributed by atoms with Gasteiger partial charge in [0.25, 0.3) is 11.2 Å². The molecule has 0 atom stereocenters. The fraction of sp³-hybridized carbons (Fsp3) is 0.0909. The van der Waals surface area contributed by atoms with E-state index in [-0.39, 0.29) is 16.5 Å². The molecule has 0 amide bonds. The second kappa shape index (κ2) is 8.56. The molecule has 0 saturated heterocycles. The highest BCUT2D eigenvalue weighted by molar-refractivity contribution is 6.50. The molecule has 0 radical (unpaired) electrons. The molecule has 32 heavy (non-hydrogen) atoms. The summed E-state index contributed by atoms with van der Waals surface area (Å²) in [5.41, 5.74) is 0.492. The maximum atomic E-state index is 12.5. The normalized spacial score (nSPS) is 11.5. The lowest BCUT2D eigenvalue weighted by atomic mass is 10.1. The maximum absolute atomic E-state index is 12.5. The first-order valence-electron chi connectivity index (χ1n) is 9.28. The lowest BCUT2D eigenvalue weighted by Gasteiger charge is -2.09. The SMILES string of the molecule is COc1cc2nc(/C(Cl)=C/c3ccc(-c4cccc([N+](=O)[O-])c4)o3)[nH]c(=O)c2cc1OC. The van der Waals surface area contributed by atoms with E-state index in [4.69, 9.17) is 25.5 Å². The molecule has 0 saturated carbocycles. The number of ether oxygens (including phenoxy) is 2. The third kappa shape index (κ3) is 4.06. The minimum absolute atomic E-state index is 0.0426. The van der Waals surface area contributed by atoms with Crippen molar-refractivity contribution in [3.8, 4) is 22.8 Å². The number of nitrogens with one attached hydrogen (secondary N) is 1. The summed E-state index contributed by atoms with van der Waals surface area (Å²) in [6.45, 7) is 0. The maximum Gasteiger partial charge on any atom is 0.270 e. The van der Waals surface area contributed by atoms with Crippen molar-refractivity contribution < 1.29 is 18.8 Å². The molecule has 0 unspecified atom stereocenters. The molecule has 1 N–H and O–H groups in total. The van der Waals surface area contributed by atoms with Gasteiger partial charge in [0.15, 0.2) is 17.3 Å². The largest absolute Gasteiger partial charge is 0.493 e. The second-order valence-corrected chi connectivity index (χ2v) is 7.05. The first kappa shape index (κ1) is 21.1. The highest BCUT2D eigenvalue weighted by Gasteiger charge is 2.14. The zero-order valence-corrected chi connectivity index (χ0v) is 17.7. The van der Waals surface area contributed by atoms with E-state index in [0.717, 1.165) is 0 Å². The average Bonchev–Trinajstić information content (AvgIpc) is 3.26. The number of rotatable bonds is 6. The number of H-pyrrole nitrogens is 1. The van der Waals surface area contributed by atoms with Gasteiger partial charge in [0.1, 0.15) is 11.5 Å². The van der Waals surface area contributed by atoms with Gasteiger partial charge >= 0.3 is 0 Å². The molecular formula is C22H16ClN3O6. The van der Waals surface area contributed by atoms with Crippen molar-refractivity contribution in [2.45, 2.75) is 0 Å². The van der Waals surface area contributed by atoms with Crippen LogP contribution in [0, 0.1) is 10.1 Å². The van der Waals surface area contributed by atoms with Gasteiger partial charge in [-0.05, 0) is 18.2 Å². The molecule has 0 bridgehead atoms. The van der Waals surface area contributed by atoms with Crippen LogP contribution in [-0.4, -0.2) is 29.1 Å². The third-order valence-corrected chi connectivity index (χ3v) is 4.96. The fourth-order valence-corrected chi connectivity index (χ4v) is 3.33. The van der Waals surface area contributed by atoms with Gasteiger partial charge in [0, 0.05) is 29.8 Å². The van der Waals surface area contributed by atoms with E-state index in [1.54, 1.807) is 36.4 Å². The van der Waals surface area contributed by atoms with E-state index >= 15 is 0 Å². The Bertz CT molecular complexity index is 1420. The van der Waals surface area contributed by atoms with E-state index in [1.807, 2.05) is 0 Å². The zero-order valence-electron chi connectivity index (χ0n) is 16.9. The van der Waals surface area contributed by atoms with Crippen molar-refractivity contribution in [1.29, 1.82) is 0 Å². The number of aromatic amines is 1. The summed E-state index contributed by atoms with van der Waals surface area (Å²) in [7, 11) is 2.96. The second-order valence-electron chi connectivity index (χ2n) is 6.64. The van der Waals surface area contributed by atoms with E-state index in [1.165, 1.54) is 32.4 Å².